The quantitative estimate of drug-likeness (QED) is 0.449. The van der Waals surface area contributed by atoms with Crippen molar-refractivity contribution < 1.29 is 9.90 Å². The highest BCUT2D eigenvalue weighted by Gasteiger charge is 2.24. The molecule has 0 radical (unpaired) electrons. The van der Waals surface area contributed by atoms with E-state index in [1.165, 1.54) is 5.56 Å². The van der Waals surface area contributed by atoms with Gasteiger partial charge in [-0.3, -0.25) is 19.6 Å². The minimum Gasteiger partial charge on any atom is -0.481 e. The maximum absolute atomic E-state index is 10.9. The van der Waals surface area contributed by atoms with Gasteiger partial charge in [-0.25, -0.2) is 4.98 Å². The molecule has 5 rings (SSSR count). The summed E-state index contributed by atoms with van der Waals surface area (Å²) in [6.45, 7) is 0. The number of nitrogens with zero attached hydrogens (tertiary/aromatic N) is 5. The molecule has 0 bridgehead atoms. The third-order valence-corrected chi connectivity index (χ3v) is 6.56. The number of H-pyrrole nitrogens is 1. The van der Waals surface area contributed by atoms with Gasteiger partial charge in [-0.05, 0) is 61.3 Å². The van der Waals surface area contributed by atoms with Gasteiger partial charge in [0.2, 0.25) is 0 Å². The lowest BCUT2D eigenvalue weighted by Crippen LogP contribution is -2.16. The van der Waals surface area contributed by atoms with Gasteiger partial charge in [0.15, 0.2) is 11.6 Å². The molecule has 0 unspecified atom stereocenters. The molecule has 0 saturated heterocycles. The van der Waals surface area contributed by atoms with E-state index in [1.807, 2.05) is 25.2 Å². The number of benzene rings is 1. The van der Waals surface area contributed by atoms with E-state index in [1.54, 1.807) is 17.1 Å². The Bertz CT molecular complexity index is 1230. The van der Waals surface area contributed by atoms with Crippen LogP contribution >= 0.6 is 0 Å². The van der Waals surface area contributed by atoms with E-state index < -0.39 is 5.97 Å². The lowest BCUT2D eigenvalue weighted by molar-refractivity contribution is -0.138. The molecule has 3 aromatic heterocycles. The minimum absolute atomic E-state index is 0.298. The average Bonchev–Trinajstić information content (AvgIpc) is 3.48. The maximum atomic E-state index is 10.9. The summed E-state index contributed by atoms with van der Waals surface area (Å²) in [7, 11) is 1.86. The van der Waals surface area contributed by atoms with Crippen LogP contribution in [0.1, 0.15) is 43.6 Å². The molecule has 4 aromatic rings. The lowest BCUT2D eigenvalue weighted by Gasteiger charge is -2.28. The third-order valence-electron chi connectivity index (χ3n) is 6.56. The van der Waals surface area contributed by atoms with Crippen LogP contribution in [0.2, 0.25) is 0 Å². The Hall–Kier alpha value is -3.81. The zero-order valence-electron chi connectivity index (χ0n) is 18.5. The number of rotatable bonds is 6. The second-order valence-electron chi connectivity index (χ2n) is 8.72. The highest BCUT2D eigenvalue weighted by Crippen LogP contribution is 2.37. The van der Waals surface area contributed by atoms with Crippen molar-refractivity contribution in [1.82, 2.24) is 29.9 Å². The monoisotopic (exact) mass is 442 g/mol. The van der Waals surface area contributed by atoms with Crippen LogP contribution in [0.4, 0.5) is 0 Å². The second-order valence-corrected chi connectivity index (χ2v) is 8.72. The number of hydrogen-bond acceptors (Lipinski definition) is 5. The first kappa shape index (κ1) is 21.1. The van der Waals surface area contributed by atoms with Crippen molar-refractivity contribution in [3.8, 4) is 34.2 Å². The van der Waals surface area contributed by atoms with Gasteiger partial charge in [0.05, 0.1) is 5.69 Å². The number of nitrogens with one attached hydrogen (secondary N) is 1. The molecule has 1 fully saturated rings. The highest BCUT2D eigenvalue weighted by atomic mass is 16.4. The third kappa shape index (κ3) is 4.55. The van der Waals surface area contributed by atoms with Crippen LogP contribution in [0.5, 0.6) is 0 Å². The number of hydrogen-bond donors (Lipinski definition) is 2. The van der Waals surface area contributed by atoms with E-state index in [0.29, 0.717) is 29.9 Å². The zero-order valence-corrected chi connectivity index (χ0v) is 18.5. The largest absolute Gasteiger partial charge is 0.481 e. The summed E-state index contributed by atoms with van der Waals surface area (Å²) < 4.78 is 1.74. The molecule has 1 aromatic carbocycles. The number of aromatic amines is 1. The molecule has 8 heteroatoms. The molecule has 2 N–H and O–H groups in total. The molecular weight excluding hydrogens is 416 g/mol. The first-order chi connectivity index (χ1) is 16.1. The molecule has 0 amide bonds. The second kappa shape index (κ2) is 8.97. The van der Waals surface area contributed by atoms with Gasteiger partial charge in [-0.2, -0.15) is 10.2 Å². The fourth-order valence-corrected chi connectivity index (χ4v) is 4.68. The van der Waals surface area contributed by atoms with Crippen molar-refractivity contribution in [3.63, 3.8) is 0 Å². The lowest BCUT2D eigenvalue weighted by atomic mass is 9.77. The van der Waals surface area contributed by atoms with Gasteiger partial charge in [-0.15, -0.1) is 0 Å². The van der Waals surface area contributed by atoms with Crippen LogP contribution in [-0.4, -0.2) is 41.0 Å². The molecule has 1 aliphatic carbocycles. The number of carbonyl (C=O) groups is 1. The van der Waals surface area contributed by atoms with Crippen molar-refractivity contribution in [2.75, 3.05) is 0 Å². The summed E-state index contributed by atoms with van der Waals surface area (Å²) in [4.78, 5) is 20.1. The van der Waals surface area contributed by atoms with Crippen molar-refractivity contribution in [3.05, 3.63) is 60.4 Å². The molecule has 33 heavy (non-hydrogen) atoms. The Morgan fingerprint density at radius 1 is 1.06 bits per heavy atom. The van der Waals surface area contributed by atoms with Gasteiger partial charge >= 0.3 is 5.97 Å². The Morgan fingerprint density at radius 3 is 2.45 bits per heavy atom. The normalized spacial score (nSPS) is 18.3. The predicted octanol–water partition coefficient (Wildman–Crippen LogP) is 4.68. The van der Waals surface area contributed by atoms with Gasteiger partial charge in [0.25, 0.3) is 0 Å². The summed E-state index contributed by atoms with van der Waals surface area (Å²) in [6.07, 6.45) is 7.92. The molecule has 1 saturated carbocycles. The topological polar surface area (TPSA) is 110 Å². The van der Waals surface area contributed by atoms with E-state index in [9.17, 15) is 4.79 Å². The number of aryl methyl sites for hydroxylation is 1. The van der Waals surface area contributed by atoms with E-state index in [4.69, 9.17) is 5.11 Å². The first-order valence-corrected chi connectivity index (χ1v) is 11.3. The number of carboxylic acids is 1. The maximum Gasteiger partial charge on any atom is 0.303 e. The van der Waals surface area contributed by atoms with E-state index in [-0.39, 0.29) is 0 Å². The van der Waals surface area contributed by atoms with Crippen molar-refractivity contribution in [1.29, 1.82) is 0 Å². The van der Waals surface area contributed by atoms with E-state index in [0.717, 1.165) is 48.2 Å². The Balaban J connectivity index is 1.25. The van der Waals surface area contributed by atoms with Gasteiger partial charge in [0.1, 0.15) is 5.69 Å². The highest BCUT2D eigenvalue weighted by molar-refractivity contribution is 5.67. The van der Waals surface area contributed by atoms with E-state index >= 15 is 0 Å². The van der Waals surface area contributed by atoms with Crippen LogP contribution < -0.4 is 0 Å². The Labute approximate surface area is 191 Å². The number of carboxylic acid groups (broad SMARTS) is 1. The predicted molar refractivity (Wildman–Crippen MR) is 124 cm³/mol. The van der Waals surface area contributed by atoms with E-state index in [2.05, 4.69) is 49.5 Å². The first-order valence-electron chi connectivity index (χ1n) is 11.3. The minimum atomic E-state index is -0.682. The van der Waals surface area contributed by atoms with Crippen LogP contribution in [0, 0.1) is 5.92 Å². The van der Waals surface area contributed by atoms with Crippen molar-refractivity contribution in [2.45, 2.75) is 38.0 Å². The van der Waals surface area contributed by atoms with Crippen LogP contribution in [0.15, 0.2) is 54.9 Å². The van der Waals surface area contributed by atoms with Gasteiger partial charge in [-0.1, -0.05) is 24.3 Å². The number of aliphatic carboxylic acids is 1. The Morgan fingerprint density at radius 2 is 1.82 bits per heavy atom. The summed E-state index contributed by atoms with van der Waals surface area (Å²) >= 11 is 0. The SMILES string of the molecule is Cn1nccc1-c1n[nH]c(-c2ccc(-c3ccc([C@H]4CC[C@H](CC(=O)O)CC4)cc3)nc2)n1. The summed E-state index contributed by atoms with van der Waals surface area (Å²) in [6, 6.07) is 14.5. The molecule has 0 atom stereocenters. The molecule has 0 aliphatic heterocycles. The van der Waals surface area contributed by atoms with Gasteiger partial charge in [0, 0.05) is 37.0 Å². The molecule has 1 aliphatic rings. The van der Waals surface area contributed by atoms with Crippen LogP contribution in [0.25, 0.3) is 34.2 Å². The fourth-order valence-electron chi connectivity index (χ4n) is 4.68. The van der Waals surface area contributed by atoms with Gasteiger partial charge < -0.3 is 5.11 Å². The Kier molecular flexibility index (Phi) is 5.73. The summed E-state index contributed by atoms with van der Waals surface area (Å²) in [5, 5.41) is 20.4. The zero-order chi connectivity index (χ0) is 22.8. The average molecular weight is 443 g/mol. The summed E-state index contributed by atoms with van der Waals surface area (Å²) in [5.74, 6) is 1.42. The van der Waals surface area contributed by atoms with Crippen LogP contribution in [-0.2, 0) is 11.8 Å². The molecule has 3 heterocycles. The molecule has 0 spiro atoms. The smallest absolute Gasteiger partial charge is 0.303 e. The molecule has 8 nitrogen and oxygen atoms in total. The summed E-state index contributed by atoms with van der Waals surface area (Å²) in [5.41, 5.74) is 5.01. The number of aromatic nitrogens is 6. The molecule has 168 valence electrons. The standard InChI is InChI=1S/C25H26N6O2/c1-31-22(12-13-27-31)25-28-24(29-30-25)20-10-11-21(26-15-20)19-8-6-18(7-9-19)17-4-2-16(3-5-17)14-23(32)33/h6-13,15-17H,2-5,14H2,1H3,(H,32,33)(H,28,29,30)/t16-,17-. The van der Waals surface area contributed by atoms with Crippen molar-refractivity contribution in [2.24, 2.45) is 13.0 Å². The van der Waals surface area contributed by atoms with Crippen LogP contribution in [0.3, 0.4) is 0 Å². The van der Waals surface area contributed by atoms with Crippen molar-refractivity contribution >= 4 is 5.97 Å². The molecular formula is C25H26N6O2. The fraction of sp³-hybridized carbons (Fsp3) is 0.320. The number of pyridine rings is 1.